The van der Waals surface area contributed by atoms with Crippen LogP contribution < -0.4 is 5.32 Å². The highest BCUT2D eigenvalue weighted by atomic mass is 15.3. The minimum absolute atomic E-state index is 0.625. The van der Waals surface area contributed by atoms with Gasteiger partial charge in [0.15, 0.2) is 0 Å². The predicted molar refractivity (Wildman–Crippen MR) is 87.5 cm³/mol. The average molecular weight is 283 g/mol. The molecule has 3 rings (SSSR count). The lowest BCUT2D eigenvalue weighted by Gasteiger charge is -2.21. The molecule has 2 aromatic rings. The molecule has 1 saturated carbocycles. The van der Waals surface area contributed by atoms with Crippen LogP contribution in [0.4, 0.5) is 5.69 Å². The molecular weight excluding hydrogens is 258 g/mol. The predicted octanol–water partition coefficient (Wildman–Crippen LogP) is 4.46. The molecule has 0 saturated heterocycles. The zero-order valence-corrected chi connectivity index (χ0v) is 12.7. The Morgan fingerprint density at radius 3 is 2.48 bits per heavy atom. The maximum atomic E-state index is 4.47. The zero-order valence-electron chi connectivity index (χ0n) is 12.7. The average Bonchev–Trinajstić information content (AvgIpc) is 2.90. The van der Waals surface area contributed by atoms with E-state index >= 15 is 0 Å². The van der Waals surface area contributed by atoms with Crippen LogP contribution in [0.25, 0.3) is 0 Å². The molecule has 21 heavy (non-hydrogen) atoms. The summed E-state index contributed by atoms with van der Waals surface area (Å²) >= 11 is 0. The van der Waals surface area contributed by atoms with Crippen LogP contribution in [0.3, 0.4) is 0 Å². The van der Waals surface area contributed by atoms with Crippen molar-refractivity contribution in [3.8, 4) is 0 Å². The molecule has 112 valence electrons. The van der Waals surface area contributed by atoms with E-state index in [1.807, 2.05) is 16.9 Å². The van der Waals surface area contributed by atoms with Crippen molar-refractivity contribution in [3.63, 3.8) is 0 Å². The van der Waals surface area contributed by atoms with Gasteiger partial charge in [0.05, 0.1) is 18.4 Å². The Balaban J connectivity index is 1.56. The van der Waals surface area contributed by atoms with E-state index < -0.39 is 0 Å². The summed E-state index contributed by atoms with van der Waals surface area (Å²) in [6, 6.07) is 11.1. The molecule has 0 atom stereocenters. The van der Waals surface area contributed by atoms with Crippen LogP contribution in [-0.2, 0) is 6.54 Å². The molecule has 1 aliphatic carbocycles. The fourth-order valence-electron chi connectivity index (χ4n) is 3.13. The highest BCUT2D eigenvalue weighted by Gasteiger charge is 2.11. The first-order valence-corrected chi connectivity index (χ1v) is 8.23. The van der Waals surface area contributed by atoms with E-state index in [2.05, 4.69) is 40.9 Å². The summed E-state index contributed by atoms with van der Waals surface area (Å²) in [5, 5.41) is 8.14. The largest absolute Gasteiger partial charge is 0.380 e. The Morgan fingerprint density at radius 2 is 1.71 bits per heavy atom. The van der Waals surface area contributed by atoms with E-state index in [4.69, 9.17) is 0 Å². The minimum atomic E-state index is 0.625. The van der Waals surface area contributed by atoms with E-state index in [9.17, 15) is 0 Å². The van der Waals surface area contributed by atoms with Crippen LogP contribution in [0, 0.1) is 0 Å². The first-order valence-electron chi connectivity index (χ1n) is 8.23. The Bertz CT molecular complexity index is 524. The first kappa shape index (κ1) is 14.2. The number of rotatable bonds is 4. The lowest BCUT2D eigenvalue weighted by molar-refractivity contribution is 0.471. The standard InChI is InChI=1S/C18H25N3/c1-2-7-11-17(12-8-3-1)20-18-13-19-21(15-18)14-16-9-5-4-6-10-16/h4-6,9-10,13,15,17,20H,1-3,7-8,11-12,14H2. The lowest BCUT2D eigenvalue weighted by atomic mass is 9.97. The SMILES string of the molecule is c1ccc(Cn2cc(NC3CCCCCCC3)cn2)cc1. The van der Waals surface area contributed by atoms with Crippen LogP contribution in [0.2, 0.25) is 0 Å². The van der Waals surface area contributed by atoms with Gasteiger partial charge in [0, 0.05) is 12.2 Å². The summed E-state index contributed by atoms with van der Waals surface area (Å²) in [6.07, 6.45) is 13.6. The van der Waals surface area contributed by atoms with E-state index in [1.165, 1.54) is 50.5 Å². The van der Waals surface area contributed by atoms with E-state index in [0.717, 1.165) is 12.2 Å². The van der Waals surface area contributed by atoms with Crippen LogP contribution in [0.5, 0.6) is 0 Å². The number of aromatic nitrogens is 2. The molecule has 0 radical (unpaired) electrons. The molecule has 0 spiro atoms. The summed E-state index contributed by atoms with van der Waals surface area (Å²) in [7, 11) is 0. The van der Waals surface area contributed by atoms with Crippen molar-refractivity contribution in [2.45, 2.75) is 57.5 Å². The highest BCUT2D eigenvalue weighted by molar-refractivity contribution is 5.39. The van der Waals surface area contributed by atoms with E-state index in [0.29, 0.717) is 6.04 Å². The van der Waals surface area contributed by atoms with Gasteiger partial charge in [-0.3, -0.25) is 4.68 Å². The van der Waals surface area contributed by atoms with Gasteiger partial charge in [-0.15, -0.1) is 0 Å². The maximum absolute atomic E-state index is 4.47. The number of hydrogen-bond acceptors (Lipinski definition) is 2. The van der Waals surface area contributed by atoms with Gasteiger partial charge in [-0.2, -0.15) is 5.10 Å². The number of benzene rings is 1. The van der Waals surface area contributed by atoms with Crippen molar-refractivity contribution >= 4 is 5.69 Å². The van der Waals surface area contributed by atoms with E-state index in [-0.39, 0.29) is 0 Å². The third-order valence-electron chi connectivity index (χ3n) is 4.30. The third kappa shape index (κ3) is 4.35. The molecule has 1 N–H and O–H groups in total. The monoisotopic (exact) mass is 283 g/mol. The van der Waals surface area contributed by atoms with Crippen molar-refractivity contribution < 1.29 is 0 Å². The smallest absolute Gasteiger partial charge is 0.0728 e. The quantitative estimate of drug-likeness (QED) is 0.898. The molecule has 1 aliphatic rings. The number of nitrogens with zero attached hydrogens (tertiary/aromatic N) is 2. The molecule has 0 aliphatic heterocycles. The molecular formula is C18H25N3. The summed E-state index contributed by atoms with van der Waals surface area (Å²) in [5.74, 6) is 0. The van der Waals surface area contributed by atoms with Crippen LogP contribution in [-0.4, -0.2) is 15.8 Å². The summed E-state index contributed by atoms with van der Waals surface area (Å²) in [5.41, 5.74) is 2.45. The number of hydrogen-bond donors (Lipinski definition) is 1. The third-order valence-corrected chi connectivity index (χ3v) is 4.30. The highest BCUT2D eigenvalue weighted by Crippen LogP contribution is 2.20. The van der Waals surface area contributed by atoms with Gasteiger partial charge in [0.25, 0.3) is 0 Å². The fourth-order valence-corrected chi connectivity index (χ4v) is 3.13. The Morgan fingerprint density at radius 1 is 1.00 bits per heavy atom. The van der Waals surface area contributed by atoms with Gasteiger partial charge in [0.1, 0.15) is 0 Å². The van der Waals surface area contributed by atoms with Gasteiger partial charge < -0.3 is 5.32 Å². The molecule has 0 amide bonds. The summed E-state index contributed by atoms with van der Waals surface area (Å²) in [4.78, 5) is 0. The van der Waals surface area contributed by atoms with Crippen molar-refractivity contribution in [2.75, 3.05) is 5.32 Å². The second-order valence-electron chi connectivity index (χ2n) is 6.10. The molecule has 3 nitrogen and oxygen atoms in total. The molecule has 0 unspecified atom stereocenters. The van der Waals surface area contributed by atoms with Crippen LogP contribution >= 0.6 is 0 Å². The van der Waals surface area contributed by atoms with Crippen LogP contribution in [0.15, 0.2) is 42.7 Å². The Hall–Kier alpha value is -1.77. The second-order valence-corrected chi connectivity index (χ2v) is 6.10. The zero-order chi connectivity index (χ0) is 14.3. The number of anilines is 1. The minimum Gasteiger partial charge on any atom is -0.380 e. The van der Waals surface area contributed by atoms with Gasteiger partial charge in [0.2, 0.25) is 0 Å². The molecule has 1 heterocycles. The number of nitrogens with one attached hydrogen (secondary N) is 1. The molecule has 1 aromatic heterocycles. The topological polar surface area (TPSA) is 29.9 Å². The maximum Gasteiger partial charge on any atom is 0.0728 e. The summed E-state index contributed by atoms with van der Waals surface area (Å²) < 4.78 is 2.01. The van der Waals surface area contributed by atoms with Gasteiger partial charge in [-0.25, -0.2) is 0 Å². The Labute approximate surface area is 127 Å². The summed E-state index contributed by atoms with van der Waals surface area (Å²) in [6.45, 7) is 0.840. The second kappa shape index (κ2) is 7.30. The molecule has 1 aromatic carbocycles. The Kier molecular flexibility index (Phi) is 4.93. The van der Waals surface area contributed by atoms with Crippen LogP contribution in [0.1, 0.15) is 50.5 Å². The molecule has 0 bridgehead atoms. The van der Waals surface area contributed by atoms with Gasteiger partial charge in [-0.1, -0.05) is 62.4 Å². The lowest BCUT2D eigenvalue weighted by Crippen LogP contribution is -2.20. The van der Waals surface area contributed by atoms with Crippen molar-refractivity contribution in [1.29, 1.82) is 0 Å². The first-order chi connectivity index (χ1) is 10.4. The van der Waals surface area contributed by atoms with Crippen molar-refractivity contribution in [2.24, 2.45) is 0 Å². The van der Waals surface area contributed by atoms with Gasteiger partial charge >= 0.3 is 0 Å². The van der Waals surface area contributed by atoms with Crippen molar-refractivity contribution in [1.82, 2.24) is 9.78 Å². The normalized spacial score (nSPS) is 17.1. The fraction of sp³-hybridized carbons (Fsp3) is 0.500. The van der Waals surface area contributed by atoms with Gasteiger partial charge in [-0.05, 0) is 18.4 Å². The van der Waals surface area contributed by atoms with Crippen molar-refractivity contribution in [3.05, 3.63) is 48.3 Å². The molecule has 1 fully saturated rings. The van der Waals surface area contributed by atoms with E-state index in [1.54, 1.807) is 0 Å². The molecule has 3 heteroatoms.